The maximum Gasteiger partial charge on any atom is 0.163 e. The molecule has 2 rings (SSSR count). The van der Waals surface area contributed by atoms with E-state index in [2.05, 4.69) is 9.19 Å². The van der Waals surface area contributed by atoms with Gasteiger partial charge in [0, 0.05) is 0 Å². The van der Waals surface area contributed by atoms with Crippen molar-refractivity contribution in [1.82, 2.24) is 0 Å². The predicted molar refractivity (Wildman–Crippen MR) is 90.9 cm³/mol. The SMILES string of the molecule is CC(=O)Nc1ccc([As](=O)(O)OO)cc1.CC(=O)c1ccccc1O. The van der Waals surface area contributed by atoms with Gasteiger partial charge in [0.05, 0.1) is 5.56 Å². The molecule has 1 amide bonds. The Morgan fingerprint density at radius 3 is 2.00 bits per heavy atom. The Morgan fingerprint density at radius 1 is 1.04 bits per heavy atom. The van der Waals surface area contributed by atoms with Crippen LogP contribution in [0.1, 0.15) is 24.2 Å². The van der Waals surface area contributed by atoms with Gasteiger partial charge in [0.1, 0.15) is 5.75 Å². The van der Waals surface area contributed by atoms with Crippen molar-refractivity contribution >= 4 is 35.9 Å². The Kier molecular flexibility index (Phi) is 7.60. The molecule has 0 saturated heterocycles. The summed E-state index contributed by atoms with van der Waals surface area (Å²) in [5, 5.41) is 19.8. The summed E-state index contributed by atoms with van der Waals surface area (Å²) in [7, 11) is 0. The van der Waals surface area contributed by atoms with E-state index in [0.29, 0.717) is 11.3 Å². The molecular formula is C16H18AsNO7. The molecule has 0 aromatic heterocycles. The number of amides is 1. The quantitative estimate of drug-likeness (QED) is 0.258. The average Bonchev–Trinajstić information content (AvgIpc) is 2.55. The summed E-state index contributed by atoms with van der Waals surface area (Å²) < 4.78 is 23.8. The van der Waals surface area contributed by atoms with Crippen LogP contribution in [-0.2, 0) is 12.4 Å². The van der Waals surface area contributed by atoms with Crippen molar-refractivity contribution in [3.05, 3.63) is 54.1 Å². The van der Waals surface area contributed by atoms with Gasteiger partial charge in [-0.2, -0.15) is 0 Å². The molecule has 25 heavy (non-hydrogen) atoms. The molecule has 0 saturated carbocycles. The Hall–Kier alpha value is -2.38. The number of hydrogen-bond donors (Lipinski definition) is 4. The molecule has 8 nitrogen and oxygen atoms in total. The second kappa shape index (κ2) is 9.19. The van der Waals surface area contributed by atoms with Crippen molar-refractivity contribution in [1.29, 1.82) is 0 Å². The van der Waals surface area contributed by atoms with E-state index < -0.39 is 14.2 Å². The van der Waals surface area contributed by atoms with E-state index in [4.69, 9.17) is 14.5 Å². The molecule has 0 bridgehead atoms. The maximum absolute atomic E-state index is 11.2. The third kappa shape index (κ3) is 6.56. The standard InChI is InChI=1S/C8H10AsNO5.C8H8O2/c1-6(11)10-8-4-2-7(3-5-8)9(12,13)15-14;1-6(9)7-4-2-3-5-8(7)10/h2-5,14H,1H3,(H,10,11)(H,12,13);2-5,10H,1H3. The van der Waals surface area contributed by atoms with E-state index in [1.165, 1.54) is 44.2 Å². The van der Waals surface area contributed by atoms with Crippen molar-refractivity contribution < 1.29 is 31.7 Å². The summed E-state index contributed by atoms with van der Waals surface area (Å²) in [5.41, 5.74) is 0.877. The largest absolute Gasteiger partial charge is 0.507 e. The second-order valence-electron chi connectivity index (χ2n) is 4.90. The molecule has 1 unspecified atom stereocenters. The molecule has 0 fully saturated rings. The number of aromatic hydroxyl groups is 1. The molecule has 0 radical (unpaired) electrons. The first-order valence-corrected chi connectivity index (χ1v) is 10.3. The third-order valence-electron chi connectivity index (χ3n) is 2.91. The fourth-order valence-electron chi connectivity index (χ4n) is 1.75. The molecule has 0 spiro atoms. The number of benzene rings is 2. The summed E-state index contributed by atoms with van der Waals surface area (Å²) in [5.74, 6) is -0.299. The molecular weight excluding hydrogens is 393 g/mol. The number of phenolic OH excluding ortho intramolecular Hbond substituents is 1. The smallest absolute Gasteiger partial charge is 0.163 e. The molecule has 0 heterocycles. The molecule has 134 valence electrons. The van der Waals surface area contributed by atoms with Crippen LogP contribution in [0.25, 0.3) is 0 Å². The number of carbonyl (C=O) groups is 2. The van der Waals surface area contributed by atoms with Crippen LogP contribution in [0.2, 0.25) is 0 Å². The van der Waals surface area contributed by atoms with E-state index in [0.717, 1.165) is 0 Å². The van der Waals surface area contributed by atoms with Crippen LogP contribution in [0.15, 0.2) is 48.5 Å². The number of para-hydroxylation sites is 1. The maximum atomic E-state index is 11.2. The number of ketones is 1. The van der Waals surface area contributed by atoms with Crippen LogP contribution in [0.5, 0.6) is 5.75 Å². The second-order valence-corrected chi connectivity index (χ2v) is 8.51. The fourth-order valence-corrected chi connectivity index (χ4v) is 3.06. The fraction of sp³-hybridized carbons (Fsp3) is 0.125. The molecule has 9 heteroatoms. The minimum absolute atomic E-state index is 0.00438. The monoisotopic (exact) mass is 411 g/mol. The first-order valence-electron chi connectivity index (χ1n) is 7.00. The number of phenols is 1. The molecule has 0 aliphatic heterocycles. The average molecular weight is 411 g/mol. The molecule has 0 aliphatic rings. The van der Waals surface area contributed by atoms with Crippen molar-refractivity contribution in [3.63, 3.8) is 0 Å². The Labute approximate surface area is 147 Å². The Balaban J connectivity index is 0.000000271. The molecule has 0 aliphatic carbocycles. The van der Waals surface area contributed by atoms with E-state index in [-0.39, 0.29) is 21.8 Å². The van der Waals surface area contributed by atoms with Gasteiger partial charge in [0.15, 0.2) is 5.78 Å². The minimum atomic E-state index is -4.76. The van der Waals surface area contributed by atoms with Crippen molar-refractivity contribution in [2.75, 3.05) is 5.32 Å². The summed E-state index contributed by atoms with van der Waals surface area (Å²) >= 11 is -4.76. The van der Waals surface area contributed by atoms with Crippen LogP contribution >= 0.6 is 0 Å². The van der Waals surface area contributed by atoms with Crippen molar-refractivity contribution in [2.24, 2.45) is 0 Å². The first-order chi connectivity index (χ1) is 11.7. The number of hydrogen-bond acceptors (Lipinski definition) is 6. The van der Waals surface area contributed by atoms with Gasteiger partial charge >= 0.3 is 88.4 Å². The van der Waals surface area contributed by atoms with E-state index in [1.54, 1.807) is 18.2 Å². The van der Waals surface area contributed by atoms with Crippen molar-refractivity contribution in [3.8, 4) is 5.75 Å². The number of carbonyl (C=O) groups excluding carboxylic acids is 2. The third-order valence-corrected chi connectivity index (χ3v) is 5.37. The number of rotatable bonds is 4. The van der Waals surface area contributed by atoms with Gasteiger partial charge in [-0.15, -0.1) is 0 Å². The van der Waals surface area contributed by atoms with Crippen LogP contribution in [0.4, 0.5) is 5.69 Å². The normalized spacial score (nSPS) is 12.3. The summed E-state index contributed by atoms with van der Waals surface area (Å²) in [6.07, 6.45) is 0. The Bertz CT molecular complexity index is 789. The van der Waals surface area contributed by atoms with Crippen LogP contribution in [0.3, 0.4) is 0 Å². The predicted octanol–water partition coefficient (Wildman–Crippen LogP) is 1.30. The van der Waals surface area contributed by atoms with E-state index in [1.807, 2.05) is 0 Å². The zero-order valence-electron chi connectivity index (χ0n) is 13.5. The Morgan fingerprint density at radius 2 is 1.60 bits per heavy atom. The van der Waals surface area contributed by atoms with E-state index in [9.17, 15) is 13.3 Å². The zero-order chi connectivity index (χ0) is 19.0. The van der Waals surface area contributed by atoms with Gasteiger partial charge in [-0.3, -0.25) is 4.79 Å². The van der Waals surface area contributed by atoms with E-state index >= 15 is 0 Å². The molecule has 2 aromatic rings. The minimum Gasteiger partial charge on any atom is -0.507 e. The van der Waals surface area contributed by atoms with Gasteiger partial charge in [0.25, 0.3) is 0 Å². The summed E-state index contributed by atoms with van der Waals surface area (Å²) in [6, 6.07) is 12.0. The van der Waals surface area contributed by atoms with Crippen LogP contribution < -0.4 is 9.67 Å². The summed E-state index contributed by atoms with van der Waals surface area (Å²) in [4.78, 5) is 21.4. The number of Topliss-reactive ketones (excluding diaryl/α,β-unsaturated/α-hetero) is 1. The molecule has 1 atom stereocenters. The van der Waals surface area contributed by atoms with Gasteiger partial charge in [-0.05, 0) is 19.1 Å². The van der Waals surface area contributed by atoms with Gasteiger partial charge < -0.3 is 5.11 Å². The van der Waals surface area contributed by atoms with Crippen LogP contribution in [-0.4, -0.2) is 40.3 Å². The summed E-state index contributed by atoms with van der Waals surface area (Å²) in [6.45, 7) is 2.78. The first kappa shape index (κ1) is 20.7. The molecule has 4 N–H and O–H groups in total. The number of anilines is 1. The van der Waals surface area contributed by atoms with Gasteiger partial charge in [-0.1, -0.05) is 12.1 Å². The van der Waals surface area contributed by atoms with Crippen LogP contribution in [0, 0.1) is 0 Å². The number of nitrogens with one attached hydrogen (secondary N) is 1. The van der Waals surface area contributed by atoms with Gasteiger partial charge in [-0.25, -0.2) is 0 Å². The molecule has 2 aromatic carbocycles. The topological polar surface area (TPSA) is 133 Å². The van der Waals surface area contributed by atoms with Gasteiger partial charge in [0.2, 0.25) is 0 Å². The zero-order valence-corrected chi connectivity index (χ0v) is 15.4. The van der Waals surface area contributed by atoms with Crippen molar-refractivity contribution in [2.45, 2.75) is 13.8 Å².